The van der Waals surface area contributed by atoms with Crippen molar-refractivity contribution >= 4 is 29.8 Å². The van der Waals surface area contributed by atoms with Crippen molar-refractivity contribution in [1.29, 1.82) is 0 Å². The Balaban J connectivity index is 3.23. The van der Waals surface area contributed by atoms with Crippen LogP contribution in [-0.2, 0) is 52.4 Å². The Morgan fingerprint density at radius 1 is 0.742 bits per heavy atom. The molecule has 11 heteroatoms. The molecule has 1 aliphatic rings. The van der Waals surface area contributed by atoms with Crippen LogP contribution in [0.2, 0.25) is 0 Å². The van der Waals surface area contributed by atoms with Crippen LogP contribution < -0.4 is 0 Å². The SMILES string of the molecule is C/C=C/C=C/C(=O)OC[C@H]1O[C@@H](OC(C)=O)[C@H](OC(C)=O)[C@@H](OC(C)=O)[C@@H]1OC(C)=O. The molecule has 0 N–H and O–H groups in total. The molecule has 172 valence electrons. The normalized spacial score (nSPS) is 25.6. The number of ether oxygens (including phenoxy) is 6. The first-order valence-electron chi connectivity index (χ1n) is 9.35. The van der Waals surface area contributed by atoms with E-state index < -0.39 is 67.2 Å². The third kappa shape index (κ3) is 8.99. The molecule has 0 aromatic carbocycles. The molecule has 31 heavy (non-hydrogen) atoms. The van der Waals surface area contributed by atoms with E-state index in [4.69, 9.17) is 28.4 Å². The van der Waals surface area contributed by atoms with Crippen molar-refractivity contribution in [2.24, 2.45) is 0 Å². The molecule has 11 nitrogen and oxygen atoms in total. The molecule has 1 aliphatic heterocycles. The van der Waals surface area contributed by atoms with Gasteiger partial charge in [0.2, 0.25) is 12.4 Å². The second kappa shape index (κ2) is 12.5. The van der Waals surface area contributed by atoms with Crippen LogP contribution in [0, 0.1) is 0 Å². The van der Waals surface area contributed by atoms with Gasteiger partial charge in [-0.15, -0.1) is 0 Å². The smallest absolute Gasteiger partial charge is 0.330 e. The van der Waals surface area contributed by atoms with E-state index in [1.165, 1.54) is 6.08 Å². The minimum absolute atomic E-state index is 0.445. The summed E-state index contributed by atoms with van der Waals surface area (Å²) in [4.78, 5) is 58.3. The third-order valence-corrected chi connectivity index (χ3v) is 3.71. The zero-order chi connectivity index (χ0) is 23.6. The highest BCUT2D eigenvalue weighted by Crippen LogP contribution is 2.30. The van der Waals surface area contributed by atoms with Crippen LogP contribution in [0.1, 0.15) is 34.6 Å². The minimum Gasteiger partial charge on any atom is -0.460 e. The van der Waals surface area contributed by atoms with E-state index in [-0.39, 0.29) is 0 Å². The lowest BCUT2D eigenvalue weighted by molar-refractivity contribution is -0.300. The number of esters is 5. The fourth-order valence-electron chi connectivity index (χ4n) is 2.71. The maximum atomic E-state index is 11.9. The van der Waals surface area contributed by atoms with E-state index in [9.17, 15) is 24.0 Å². The van der Waals surface area contributed by atoms with Gasteiger partial charge in [0.05, 0.1) is 0 Å². The van der Waals surface area contributed by atoms with Crippen LogP contribution in [0.5, 0.6) is 0 Å². The summed E-state index contributed by atoms with van der Waals surface area (Å²) in [6, 6.07) is 0. The van der Waals surface area contributed by atoms with E-state index in [0.717, 1.165) is 33.8 Å². The second-order valence-electron chi connectivity index (χ2n) is 6.39. The van der Waals surface area contributed by atoms with Gasteiger partial charge in [0.15, 0.2) is 12.2 Å². The zero-order valence-corrected chi connectivity index (χ0v) is 17.9. The van der Waals surface area contributed by atoms with E-state index in [1.807, 2.05) is 0 Å². The summed E-state index contributed by atoms with van der Waals surface area (Å²) >= 11 is 0. The topological polar surface area (TPSA) is 141 Å². The monoisotopic (exact) mass is 442 g/mol. The van der Waals surface area contributed by atoms with Gasteiger partial charge >= 0.3 is 29.8 Å². The molecule has 0 radical (unpaired) electrons. The molecule has 0 saturated carbocycles. The van der Waals surface area contributed by atoms with Gasteiger partial charge in [-0.3, -0.25) is 19.2 Å². The zero-order valence-electron chi connectivity index (χ0n) is 17.9. The fraction of sp³-hybridized carbons (Fsp3) is 0.550. The molecule has 0 amide bonds. The van der Waals surface area contributed by atoms with Gasteiger partial charge < -0.3 is 28.4 Å². The van der Waals surface area contributed by atoms with Crippen LogP contribution in [0.15, 0.2) is 24.3 Å². The molecule has 1 rings (SSSR count). The highest BCUT2D eigenvalue weighted by Gasteiger charge is 2.53. The highest BCUT2D eigenvalue weighted by molar-refractivity contribution is 5.82. The molecule has 1 saturated heterocycles. The van der Waals surface area contributed by atoms with Crippen molar-refractivity contribution in [3.8, 4) is 0 Å². The molecule has 1 fully saturated rings. The van der Waals surface area contributed by atoms with Gasteiger partial charge in [0, 0.05) is 33.8 Å². The molecule has 0 aromatic rings. The molecule has 0 aliphatic carbocycles. The number of allylic oxidation sites excluding steroid dienone is 3. The molecule has 0 bridgehead atoms. The van der Waals surface area contributed by atoms with E-state index in [1.54, 1.807) is 19.1 Å². The Morgan fingerprint density at radius 2 is 1.26 bits per heavy atom. The maximum Gasteiger partial charge on any atom is 0.330 e. The Kier molecular flexibility index (Phi) is 10.4. The quantitative estimate of drug-likeness (QED) is 0.227. The van der Waals surface area contributed by atoms with E-state index >= 15 is 0 Å². The highest BCUT2D eigenvalue weighted by atomic mass is 16.7. The van der Waals surface area contributed by atoms with Crippen LogP contribution in [-0.4, -0.2) is 67.2 Å². The van der Waals surface area contributed by atoms with Crippen LogP contribution in [0.4, 0.5) is 0 Å². The van der Waals surface area contributed by atoms with Crippen molar-refractivity contribution < 1.29 is 52.4 Å². The predicted molar refractivity (Wildman–Crippen MR) is 102 cm³/mol. The molecule has 0 spiro atoms. The number of hydrogen-bond donors (Lipinski definition) is 0. The molecular formula is C20H26O11. The fourth-order valence-corrected chi connectivity index (χ4v) is 2.71. The number of carbonyl (C=O) groups is 5. The van der Waals surface area contributed by atoms with Gasteiger partial charge in [-0.25, -0.2) is 4.79 Å². The number of rotatable bonds is 8. The van der Waals surface area contributed by atoms with Crippen LogP contribution in [0.3, 0.4) is 0 Å². The third-order valence-electron chi connectivity index (χ3n) is 3.71. The van der Waals surface area contributed by atoms with Gasteiger partial charge in [-0.2, -0.15) is 0 Å². The van der Waals surface area contributed by atoms with E-state index in [0.29, 0.717) is 0 Å². The van der Waals surface area contributed by atoms with Gasteiger partial charge in [-0.05, 0) is 6.92 Å². The van der Waals surface area contributed by atoms with Crippen molar-refractivity contribution in [2.45, 2.75) is 65.3 Å². The summed E-state index contributed by atoms with van der Waals surface area (Å²) < 4.78 is 31.3. The summed E-state index contributed by atoms with van der Waals surface area (Å²) in [5.74, 6) is -3.84. The van der Waals surface area contributed by atoms with Crippen molar-refractivity contribution in [1.82, 2.24) is 0 Å². The Bertz CT molecular complexity index is 739. The molecule has 0 unspecified atom stereocenters. The summed E-state index contributed by atoms with van der Waals surface area (Å²) in [5.41, 5.74) is 0. The summed E-state index contributed by atoms with van der Waals surface area (Å²) in [7, 11) is 0. The van der Waals surface area contributed by atoms with Crippen molar-refractivity contribution in [2.75, 3.05) is 6.61 Å². The van der Waals surface area contributed by atoms with Gasteiger partial charge in [0.25, 0.3) is 0 Å². The minimum atomic E-state index is -1.51. The largest absolute Gasteiger partial charge is 0.460 e. The van der Waals surface area contributed by atoms with Crippen LogP contribution >= 0.6 is 0 Å². The Morgan fingerprint density at radius 3 is 1.77 bits per heavy atom. The predicted octanol–water partition coefficient (Wildman–Crippen LogP) is 0.745. The van der Waals surface area contributed by atoms with Crippen molar-refractivity contribution in [3.05, 3.63) is 24.3 Å². The first-order valence-corrected chi connectivity index (χ1v) is 9.35. The average Bonchev–Trinajstić information content (AvgIpc) is 2.64. The van der Waals surface area contributed by atoms with Crippen molar-refractivity contribution in [3.63, 3.8) is 0 Å². The van der Waals surface area contributed by atoms with Crippen LogP contribution in [0.25, 0.3) is 0 Å². The standard InChI is InChI=1S/C20H26O11/c1-6-7-8-9-16(25)26-10-15-17(27-11(2)21)18(28-12(3)22)19(29-13(4)23)20(31-15)30-14(5)24/h6-9,15,17-20H,10H2,1-5H3/b7-6+,9-8+/t15-,17-,18+,19-,20-/m1/s1. The Labute approximate surface area is 179 Å². The van der Waals surface area contributed by atoms with E-state index in [2.05, 4.69) is 0 Å². The maximum absolute atomic E-state index is 11.9. The molecular weight excluding hydrogens is 416 g/mol. The lowest BCUT2D eigenvalue weighted by atomic mass is 9.98. The molecule has 1 heterocycles. The number of carbonyl (C=O) groups excluding carboxylic acids is 5. The first kappa shape index (κ1) is 25.8. The molecule has 5 atom stereocenters. The molecule has 0 aromatic heterocycles. The average molecular weight is 442 g/mol. The summed E-state index contributed by atoms with van der Waals surface area (Å²) in [6.45, 7) is 5.69. The summed E-state index contributed by atoms with van der Waals surface area (Å²) in [6.07, 6.45) is -0.966. The Hall–Kier alpha value is -3.21. The van der Waals surface area contributed by atoms with Gasteiger partial charge in [0.1, 0.15) is 12.7 Å². The lowest BCUT2D eigenvalue weighted by Gasteiger charge is -2.43. The second-order valence-corrected chi connectivity index (χ2v) is 6.39. The first-order chi connectivity index (χ1) is 14.5. The van der Waals surface area contributed by atoms with Gasteiger partial charge in [-0.1, -0.05) is 18.2 Å². The number of hydrogen-bond acceptors (Lipinski definition) is 11. The lowest BCUT2D eigenvalue weighted by Crippen LogP contribution is -2.63. The summed E-state index contributed by atoms with van der Waals surface area (Å²) in [5, 5.41) is 0.